The van der Waals surface area contributed by atoms with Crippen LogP contribution in [-0.2, 0) is 14.3 Å². The molecule has 0 radical (unpaired) electrons. The van der Waals surface area contributed by atoms with Crippen LogP contribution in [0.2, 0.25) is 0 Å². The first-order valence-corrected chi connectivity index (χ1v) is 7.75. The van der Waals surface area contributed by atoms with Gasteiger partial charge in [0.2, 0.25) is 0 Å². The van der Waals surface area contributed by atoms with Gasteiger partial charge in [-0.25, -0.2) is 13.2 Å². The first kappa shape index (κ1) is 23.8. The maximum atomic E-state index is 14.0. The van der Waals surface area contributed by atoms with Gasteiger partial charge in [0.25, 0.3) is 5.92 Å². The summed E-state index contributed by atoms with van der Waals surface area (Å²) in [5, 5.41) is 0. The molecule has 160 valence electrons. The van der Waals surface area contributed by atoms with Crippen LogP contribution < -0.4 is 0 Å². The van der Waals surface area contributed by atoms with Crippen molar-refractivity contribution in [3.05, 3.63) is 0 Å². The number of hydrogen-bond donors (Lipinski definition) is 0. The number of nitrogens with zero attached hydrogens (tertiary/aromatic N) is 1. The second-order valence-electron chi connectivity index (χ2n) is 6.18. The van der Waals surface area contributed by atoms with Gasteiger partial charge < -0.3 is 9.47 Å². The predicted octanol–water partition coefficient (Wildman–Crippen LogP) is 3.50. The summed E-state index contributed by atoms with van der Waals surface area (Å²) in [5.74, 6) is -5.80. The number of halogens is 9. The van der Waals surface area contributed by atoms with Crippen LogP contribution in [0.15, 0.2) is 0 Å². The number of carbonyl (C=O) groups is 1. The zero-order valence-electron chi connectivity index (χ0n) is 14.1. The molecule has 0 amide bonds. The van der Waals surface area contributed by atoms with Crippen molar-refractivity contribution in [1.82, 2.24) is 4.90 Å². The van der Waals surface area contributed by atoms with E-state index in [2.05, 4.69) is 4.74 Å². The van der Waals surface area contributed by atoms with Crippen LogP contribution in [0.3, 0.4) is 0 Å². The molecule has 1 aliphatic rings. The van der Waals surface area contributed by atoms with Gasteiger partial charge in [0.1, 0.15) is 6.10 Å². The van der Waals surface area contributed by atoms with E-state index in [1.165, 1.54) is 4.90 Å². The van der Waals surface area contributed by atoms with Crippen LogP contribution in [0.5, 0.6) is 0 Å². The zero-order valence-corrected chi connectivity index (χ0v) is 14.1. The molecule has 0 aliphatic carbocycles. The maximum Gasteiger partial charge on any atom is 0.431 e. The number of hydrogen-bond acceptors (Lipinski definition) is 4. The van der Waals surface area contributed by atoms with Crippen LogP contribution in [0.25, 0.3) is 0 Å². The van der Waals surface area contributed by atoms with Crippen molar-refractivity contribution in [3.63, 3.8) is 0 Å². The lowest BCUT2D eigenvalue weighted by atomic mass is 9.92. The standard InChI is InChI=1S/C14H18F9NO3/c1-9(25)27-10(7-24-2-4-26-5-3-24)6-11(15,16)8-12(17,13(18,19)20)14(21,22)23/h10H,2-8H2,1H3. The summed E-state index contributed by atoms with van der Waals surface area (Å²) in [7, 11) is 0. The molecule has 1 atom stereocenters. The highest BCUT2D eigenvalue weighted by Crippen LogP contribution is 2.52. The second kappa shape index (κ2) is 8.41. The lowest BCUT2D eigenvalue weighted by Crippen LogP contribution is -2.56. The van der Waals surface area contributed by atoms with E-state index in [1.807, 2.05) is 0 Å². The van der Waals surface area contributed by atoms with E-state index in [0.29, 0.717) is 0 Å². The molecule has 0 aromatic heterocycles. The first-order valence-electron chi connectivity index (χ1n) is 7.75. The number of carbonyl (C=O) groups excluding carboxylic acids is 1. The molecule has 1 rings (SSSR count). The number of morpholine rings is 1. The molecule has 13 heteroatoms. The molecule has 0 saturated carbocycles. The third-order valence-corrected chi connectivity index (χ3v) is 3.83. The number of rotatable bonds is 7. The molecule has 1 fully saturated rings. The largest absolute Gasteiger partial charge is 0.461 e. The highest BCUT2D eigenvalue weighted by atomic mass is 19.4. The van der Waals surface area contributed by atoms with Crippen molar-refractivity contribution in [2.24, 2.45) is 0 Å². The summed E-state index contributed by atoms with van der Waals surface area (Å²) < 4.78 is 126. The fourth-order valence-electron chi connectivity index (χ4n) is 2.57. The van der Waals surface area contributed by atoms with Gasteiger partial charge in [-0.2, -0.15) is 26.3 Å². The molecule has 0 spiro atoms. The SMILES string of the molecule is CC(=O)OC(CN1CCOCC1)CC(F)(F)CC(F)(C(F)(F)F)C(F)(F)F. The van der Waals surface area contributed by atoms with Gasteiger partial charge in [0.15, 0.2) is 0 Å². The molecule has 0 aromatic carbocycles. The summed E-state index contributed by atoms with van der Waals surface area (Å²) >= 11 is 0. The maximum absolute atomic E-state index is 14.0. The van der Waals surface area contributed by atoms with E-state index in [1.54, 1.807) is 0 Å². The van der Waals surface area contributed by atoms with Crippen molar-refractivity contribution in [2.75, 3.05) is 32.8 Å². The zero-order chi connectivity index (χ0) is 21.1. The highest BCUT2D eigenvalue weighted by Gasteiger charge is 2.74. The normalized spacial score (nSPS) is 19.0. The smallest absolute Gasteiger partial charge is 0.431 e. The Morgan fingerprint density at radius 2 is 1.48 bits per heavy atom. The Hall–Kier alpha value is -1.24. The minimum Gasteiger partial charge on any atom is -0.461 e. The van der Waals surface area contributed by atoms with E-state index in [4.69, 9.17) is 4.74 Å². The van der Waals surface area contributed by atoms with Gasteiger partial charge in [-0.05, 0) is 0 Å². The summed E-state index contributed by atoms with van der Waals surface area (Å²) in [5.41, 5.74) is -6.09. The van der Waals surface area contributed by atoms with Crippen LogP contribution in [-0.4, -0.2) is 73.8 Å². The van der Waals surface area contributed by atoms with Crippen LogP contribution in [0, 0.1) is 0 Å². The Morgan fingerprint density at radius 3 is 1.89 bits per heavy atom. The fraction of sp³-hybridized carbons (Fsp3) is 0.929. The Bertz CT molecular complexity index is 487. The van der Waals surface area contributed by atoms with Crippen molar-refractivity contribution in [3.8, 4) is 0 Å². The van der Waals surface area contributed by atoms with Crippen LogP contribution >= 0.6 is 0 Å². The number of alkyl halides is 9. The van der Waals surface area contributed by atoms with Crippen molar-refractivity contribution in [2.45, 2.75) is 49.8 Å². The Balaban J connectivity index is 2.94. The van der Waals surface area contributed by atoms with Gasteiger partial charge in [0, 0.05) is 33.0 Å². The Labute approximate surface area is 148 Å². The van der Waals surface area contributed by atoms with Gasteiger partial charge in [-0.15, -0.1) is 0 Å². The minimum absolute atomic E-state index is 0.221. The van der Waals surface area contributed by atoms with Crippen molar-refractivity contribution in [1.29, 1.82) is 0 Å². The molecule has 1 unspecified atom stereocenters. The van der Waals surface area contributed by atoms with Crippen molar-refractivity contribution < 1.29 is 53.8 Å². The Kier molecular flexibility index (Phi) is 7.42. The number of esters is 1. The Morgan fingerprint density at radius 1 is 1.00 bits per heavy atom. The molecule has 1 saturated heterocycles. The molecule has 1 aliphatic heterocycles. The molecular formula is C14H18F9NO3. The summed E-state index contributed by atoms with van der Waals surface area (Å²) in [4.78, 5) is 12.5. The van der Waals surface area contributed by atoms with Gasteiger partial charge in [0.05, 0.1) is 19.6 Å². The molecule has 4 nitrogen and oxygen atoms in total. The van der Waals surface area contributed by atoms with E-state index in [9.17, 15) is 44.3 Å². The average Bonchev–Trinajstić information content (AvgIpc) is 2.44. The fourth-order valence-corrected chi connectivity index (χ4v) is 2.57. The molecule has 0 bridgehead atoms. The van der Waals surface area contributed by atoms with Gasteiger partial charge in [-0.3, -0.25) is 9.69 Å². The van der Waals surface area contributed by atoms with E-state index < -0.39 is 48.9 Å². The number of ether oxygens (including phenoxy) is 2. The van der Waals surface area contributed by atoms with Gasteiger partial charge in [-0.1, -0.05) is 0 Å². The monoisotopic (exact) mass is 419 g/mol. The summed E-state index contributed by atoms with van der Waals surface area (Å²) in [6.45, 7) is 1.39. The average molecular weight is 419 g/mol. The van der Waals surface area contributed by atoms with Crippen LogP contribution in [0.4, 0.5) is 39.5 Å². The van der Waals surface area contributed by atoms with E-state index in [0.717, 1.165) is 6.92 Å². The topological polar surface area (TPSA) is 38.8 Å². The van der Waals surface area contributed by atoms with Crippen molar-refractivity contribution >= 4 is 5.97 Å². The van der Waals surface area contributed by atoms with E-state index >= 15 is 0 Å². The lowest BCUT2D eigenvalue weighted by molar-refractivity contribution is -0.355. The third kappa shape index (κ3) is 6.70. The third-order valence-electron chi connectivity index (χ3n) is 3.83. The molecule has 27 heavy (non-hydrogen) atoms. The van der Waals surface area contributed by atoms with E-state index in [-0.39, 0.29) is 32.8 Å². The van der Waals surface area contributed by atoms with Crippen LogP contribution in [0.1, 0.15) is 19.8 Å². The molecule has 1 heterocycles. The van der Waals surface area contributed by atoms with Gasteiger partial charge >= 0.3 is 24.0 Å². The molecular weight excluding hydrogens is 401 g/mol. The molecule has 0 aromatic rings. The minimum atomic E-state index is -6.59. The summed E-state index contributed by atoms with van der Waals surface area (Å²) in [6.07, 6.45) is -19.7. The quantitative estimate of drug-likeness (QED) is 0.468. The summed E-state index contributed by atoms with van der Waals surface area (Å²) in [6, 6.07) is 0. The molecule has 0 N–H and O–H groups in total. The second-order valence-corrected chi connectivity index (χ2v) is 6.18. The lowest BCUT2D eigenvalue weighted by Gasteiger charge is -2.35. The predicted molar refractivity (Wildman–Crippen MR) is 72.9 cm³/mol. The first-order chi connectivity index (χ1) is 12.1. The highest BCUT2D eigenvalue weighted by molar-refractivity contribution is 5.66.